The number of aromatic nitrogens is 2. The molecular formula is C20H20ClFN4O. The first-order valence-electron chi connectivity index (χ1n) is 8.46. The van der Waals surface area contributed by atoms with Gasteiger partial charge in [-0.15, -0.1) is 0 Å². The first-order valence-corrected chi connectivity index (χ1v) is 8.84. The van der Waals surface area contributed by atoms with Crippen LogP contribution in [0, 0.1) is 5.82 Å². The Bertz CT molecular complexity index is 975. The van der Waals surface area contributed by atoms with Crippen molar-refractivity contribution >= 4 is 17.3 Å². The molecule has 0 aliphatic carbocycles. The molecule has 2 aromatic carbocycles. The van der Waals surface area contributed by atoms with Crippen LogP contribution in [-0.2, 0) is 0 Å². The number of nitrogens with one attached hydrogen (secondary N) is 1. The van der Waals surface area contributed by atoms with Crippen molar-refractivity contribution in [2.75, 3.05) is 26.0 Å². The van der Waals surface area contributed by atoms with E-state index in [9.17, 15) is 9.18 Å². The Hall–Kier alpha value is -2.70. The van der Waals surface area contributed by atoms with Crippen LogP contribution in [-0.4, -0.2) is 35.3 Å². The second-order valence-electron chi connectivity index (χ2n) is 6.34. The zero-order chi connectivity index (χ0) is 19.4. The number of anilines is 1. The van der Waals surface area contributed by atoms with Gasteiger partial charge in [0.25, 0.3) is 5.56 Å². The van der Waals surface area contributed by atoms with Gasteiger partial charge in [-0.05, 0) is 43.9 Å². The average molecular weight is 387 g/mol. The van der Waals surface area contributed by atoms with Crippen molar-refractivity contribution < 1.29 is 4.39 Å². The Kier molecular flexibility index (Phi) is 5.88. The Balaban J connectivity index is 1.83. The Morgan fingerprint density at radius 3 is 2.59 bits per heavy atom. The molecule has 0 radical (unpaired) electrons. The molecule has 3 aromatic rings. The SMILES string of the molecule is CN(C)C(CNc1cnn(-c2ccccc2)c(=O)c1Cl)c1cccc(F)c1. The molecule has 0 aliphatic heterocycles. The summed E-state index contributed by atoms with van der Waals surface area (Å²) in [6.07, 6.45) is 1.52. The molecule has 1 N–H and O–H groups in total. The maximum absolute atomic E-state index is 13.6. The summed E-state index contributed by atoms with van der Waals surface area (Å²) in [6.45, 7) is 0.437. The first-order chi connectivity index (χ1) is 13.0. The number of para-hydroxylation sites is 1. The topological polar surface area (TPSA) is 50.2 Å². The van der Waals surface area contributed by atoms with Crippen molar-refractivity contribution in [1.29, 1.82) is 0 Å². The fraction of sp³-hybridized carbons (Fsp3) is 0.200. The lowest BCUT2D eigenvalue weighted by atomic mass is 10.1. The highest BCUT2D eigenvalue weighted by Gasteiger charge is 2.17. The van der Waals surface area contributed by atoms with Crippen LogP contribution in [0.2, 0.25) is 5.02 Å². The molecule has 0 amide bonds. The van der Waals surface area contributed by atoms with Crippen molar-refractivity contribution in [2.24, 2.45) is 0 Å². The highest BCUT2D eigenvalue weighted by Crippen LogP contribution is 2.22. The van der Waals surface area contributed by atoms with E-state index in [1.807, 2.05) is 43.3 Å². The summed E-state index contributed by atoms with van der Waals surface area (Å²) in [5.74, 6) is -0.287. The summed E-state index contributed by atoms with van der Waals surface area (Å²) < 4.78 is 14.8. The van der Waals surface area contributed by atoms with Crippen LogP contribution in [0.1, 0.15) is 11.6 Å². The lowest BCUT2D eigenvalue weighted by Gasteiger charge is -2.25. The van der Waals surface area contributed by atoms with Gasteiger partial charge in [0.1, 0.15) is 10.8 Å². The van der Waals surface area contributed by atoms with Crippen LogP contribution >= 0.6 is 11.6 Å². The fourth-order valence-corrected chi connectivity index (χ4v) is 3.02. The normalized spacial score (nSPS) is 12.2. The van der Waals surface area contributed by atoms with Gasteiger partial charge in [0.05, 0.1) is 23.6 Å². The number of halogens is 2. The van der Waals surface area contributed by atoms with Crippen molar-refractivity contribution in [2.45, 2.75) is 6.04 Å². The van der Waals surface area contributed by atoms with Crippen molar-refractivity contribution in [3.63, 3.8) is 0 Å². The third-order valence-corrected chi connectivity index (χ3v) is 4.63. The predicted octanol–water partition coefficient (Wildman–Crippen LogP) is 3.74. The summed E-state index contributed by atoms with van der Waals surface area (Å²) in [6, 6.07) is 15.4. The monoisotopic (exact) mass is 386 g/mol. The molecule has 0 fully saturated rings. The second-order valence-corrected chi connectivity index (χ2v) is 6.72. The van der Waals surface area contributed by atoms with Gasteiger partial charge in [-0.25, -0.2) is 4.39 Å². The lowest BCUT2D eigenvalue weighted by Crippen LogP contribution is -2.28. The van der Waals surface area contributed by atoms with E-state index < -0.39 is 5.56 Å². The minimum atomic E-state index is -0.403. The van der Waals surface area contributed by atoms with Crippen molar-refractivity contribution in [3.8, 4) is 5.69 Å². The minimum absolute atomic E-state index is 0.0607. The van der Waals surface area contributed by atoms with E-state index in [1.54, 1.807) is 18.2 Å². The number of rotatable bonds is 6. The van der Waals surface area contributed by atoms with E-state index in [-0.39, 0.29) is 16.9 Å². The number of benzene rings is 2. The molecule has 1 heterocycles. The predicted molar refractivity (Wildman–Crippen MR) is 106 cm³/mol. The fourth-order valence-electron chi connectivity index (χ4n) is 2.83. The van der Waals surface area contributed by atoms with E-state index in [0.717, 1.165) is 5.56 Å². The van der Waals surface area contributed by atoms with Gasteiger partial charge >= 0.3 is 0 Å². The molecular weight excluding hydrogens is 367 g/mol. The average Bonchev–Trinajstić information content (AvgIpc) is 2.66. The van der Waals surface area contributed by atoms with E-state index in [2.05, 4.69) is 10.4 Å². The molecule has 3 rings (SSSR count). The smallest absolute Gasteiger partial charge is 0.292 e. The lowest BCUT2D eigenvalue weighted by molar-refractivity contribution is 0.311. The molecule has 27 heavy (non-hydrogen) atoms. The molecule has 140 valence electrons. The molecule has 0 bridgehead atoms. The molecule has 7 heteroatoms. The molecule has 1 atom stereocenters. The maximum Gasteiger partial charge on any atom is 0.292 e. The number of hydrogen-bond donors (Lipinski definition) is 1. The molecule has 0 saturated heterocycles. The van der Waals surface area contributed by atoms with E-state index in [0.29, 0.717) is 17.9 Å². The van der Waals surface area contributed by atoms with Crippen LogP contribution in [0.15, 0.2) is 65.6 Å². The van der Waals surface area contributed by atoms with Crippen LogP contribution in [0.3, 0.4) is 0 Å². The molecule has 0 spiro atoms. The Morgan fingerprint density at radius 2 is 1.93 bits per heavy atom. The largest absolute Gasteiger partial charge is 0.380 e. The summed E-state index contributed by atoms with van der Waals surface area (Å²) in [7, 11) is 3.81. The maximum atomic E-state index is 13.6. The van der Waals surface area contributed by atoms with E-state index >= 15 is 0 Å². The van der Waals surface area contributed by atoms with Crippen molar-refractivity contribution in [3.05, 3.63) is 87.6 Å². The summed E-state index contributed by atoms with van der Waals surface area (Å²) in [5.41, 5.74) is 1.51. The highest BCUT2D eigenvalue weighted by molar-refractivity contribution is 6.32. The first kappa shape index (κ1) is 19.1. The van der Waals surface area contributed by atoms with Crippen LogP contribution in [0.5, 0.6) is 0 Å². The number of nitrogens with zero attached hydrogens (tertiary/aromatic N) is 3. The second kappa shape index (κ2) is 8.33. The highest BCUT2D eigenvalue weighted by atomic mass is 35.5. The van der Waals surface area contributed by atoms with Gasteiger partial charge in [-0.1, -0.05) is 41.9 Å². The molecule has 0 saturated carbocycles. The van der Waals surface area contributed by atoms with Gasteiger partial charge < -0.3 is 10.2 Å². The van der Waals surface area contributed by atoms with Crippen LogP contribution in [0.25, 0.3) is 5.69 Å². The third-order valence-electron chi connectivity index (χ3n) is 4.26. The summed E-state index contributed by atoms with van der Waals surface area (Å²) in [4.78, 5) is 14.5. The standard InChI is InChI=1S/C20H20ClFN4O/c1-25(2)18(14-7-6-8-15(22)11-14)13-23-17-12-24-26(20(27)19(17)21)16-9-4-3-5-10-16/h3-12,18,23H,13H2,1-2H3. The molecule has 0 aliphatic rings. The van der Waals surface area contributed by atoms with Gasteiger partial charge in [0.15, 0.2) is 0 Å². The van der Waals surface area contributed by atoms with Crippen LogP contribution in [0.4, 0.5) is 10.1 Å². The number of likely N-dealkylation sites (N-methyl/N-ethyl adjacent to an activating group) is 1. The van der Waals surface area contributed by atoms with Crippen molar-refractivity contribution in [1.82, 2.24) is 14.7 Å². The van der Waals surface area contributed by atoms with Gasteiger partial charge in [0.2, 0.25) is 0 Å². The molecule has 1 unspecified atom stereocenters. The molecule has 1 aromatic heterocycles. The van der Waals surface area contributed by atoms with Crippen LogP contribution < -0.4 is 10.9 Å². The summed E-state index contributed by atoms with van der Waals surface area (Å²) >= 11 is 6.27. The third kappa shape index (κ3) is 4.35. The number of hydrogen-bond acceptors (Lipinski definition) is 4. The zero-order valence-electron chi connectivity index (χ0n) is 15.1. The Morgan fingerprint density at radius 1 is 1.19 bits per heavy atom. The quantitative estimate of drug-likeness (QED) is 0.701. The Labute approximate surface area is 162 Å². The zero-order valence-corrected chi connectivity index (χ0v) is 15.8. The summed E-state index contributed by atoms with van der Waals surface area (Å²) in [5, 5.41) is 7.42. The molecule has 5 nitrogen and oxygen atoms in total. The van der Waals surface area contributed by atoms with Gasteiger partial charge in [0, 0.05) is 6.54 Å². The van der Waals surface area contributed by atoms with Gasteiger partial charge in [-0.3, -0.25) is 4.79 Å². The van der Waals surface area contributed by atoms with E-state index in [1.165, 1.54) is 23.0 Å². The minimum Gasteiger partial charge on any atom is -0.380 e. The van der Waals surface area contributed by atoms with E-state index in [4.69, 9.17) is 11.6 Å². The van der Waals surface area contributed by atoms with Gasteiger partial charge in [-0.2, -0.15) is 9.78 Å².